The van der Waals surface area contributed by atoms with E-state index in [1.54, 1.807) is 6.08 Å². The van der Waals surface area contributed by atoms with Crippen molar-refractivity contribution in [3.05, 3.63) is 34.9 Å². The van der Waals surface area contributed by atoms with Crippen molar-refractivity contribution in [1.29, 1.82) is 0 Å². The monoisotopic (exact) mass is 170 g/mol. The number of allylic oxidation sites excluding steroid dienone is 5. The van der Waals surface area contributed by atoms with Crippen LogP contribution in [0.25, 0.3) is 0 Å². The molecule has 0 aliphatic carbocycles. The maximum Gasteiger partial charge on any atom is 0.0184 e. The van der Waals surface area contributed by atoms with Crippen molar-refractivity contribution in [3.63, 3.8) is 0 Å². The van der Waals surface area contributed by atoms with E-state index in [0.717, 1.165) is 11.5 Å². The zero-order valence-electron chi connectivity index (χ0n) is 7.45. The third-order valence-corrected chi connectivity index (χ3v) is 1.84. The molecule has 1 heteroatoms. The predicted molar refractivity (Wildman–Crippen MR) is 52.8 cm³/mol. The molecule has 0 bridgehead atoms. The highest BCUT2D eigenvalue weighted by Crippen LogP contribution is 2.20. The van der Waals surface area contributed by atoms with Crippen LogP contribution >= 0.6 is 11.6 Å². The van der Waals surface area contributed by atoms with Crippen LogP contribution in [0.4, 0.5) is 0 Å². The van der Waals surface area contributed by atoms with Crippen LogP contribution in [0, 0.1) is 0 Å². The first-order chi connectivity index (χ1) is 5.13. The van der Waals surface area contributed by atoms with Gasteiger partial charge in [0.2, 0.25) is 0 Å². The Morgan fingerprint density at radius 3 is 2.27 bits per heavy atom. The van der Waals surface area contributed by atoms with Crippen molar-refractivity contribution in [2.24, 2.45) is 0 Å². The molecule has 0 atom stereocenters. The zero-order valence-corrected chi connectivity index (χ0v) is 8.20. The summed E-state index contributed by atoms with van der Waals surface area (Å²) in [6.45, 7) is 9.70. The molecule has 0 heterocycles. The van der Waals surface area contributed by atoms with Crippen LogP contribution in [-0.4, -0.2) is 0 Å². The molecule has 62 valence electrons. The zero-order chi connectivity index (χ0) is 8.85. The number of halogens is 1. The van der Waals surface area contributed by atoms with Gasteiger partial charge in [0.25, 0.3) is 0 Å². The molecule has 0 spiro atoms. The van der Waals surface area contributed by atoms with Crippen LogP contribution in [0.2, 0.25) is 0 Å². The molecule has 0 saturated carbocycles. The van der Waals surface area contributed by atoms with Gasteiger partial charge in [-0.3, -0.25) is 0 Å². The van der Waals surface area contributed by atoms with Crippen LogP contribution < -0.4 is 0 Å². The maximum atomic E-state index is 5.88. The van der Waals surface area contributed by atoms with Gasteiger partial charge in [0.1, 0.15) is 0 Å². The van der Waals surface area contributed by atoms with Crippen molar-refractivity contribution < 1.29 is 0 Å². The van der Waals surface area contributed by atoms with Gasteiger partial charge in [-0.25, -0.2) is 0 Å². The topological polar surface area (TPSA) is 0 Å². The standard InChI is InChI=1S/C10H15Cl/c1-5-7-8(3)10(6-2)9(4)11/h5,7H,1,6H2,2-4H3/b8-7-,10-9+. The summed E-state index contributed by atoms with van der Waals surface area (Å²) in [5.41, 5.74) is 2.42. The lowest BCUT2D eigenvalue weighted by Gasteiger charge is -2.04. The molecule has 0 amide bonds. The summed E-state index contributed by atoms with van der Waals surface area (Å²) >= 11 is 5.88. The minimum atomic E-state index is 0.878. The second-order valence-electron chi connectivity index (χ2n) is 2.45. The smallest absolute Gasteiger partial charge is 0.0184 e. The minimum Gasteiger partial charge on any atom is -0.0991 e. The fraction of sp³-hybridized carbons (Fsp3) is 0.400. The van der Waals surface area contributed by atoms with E-state index < -0.39 is 0 Å². The summed E-state index contributed by atoms with van der Waals surface area (Å²) in [7, 11) is 0. The largest absolute Gasteiger partial charge is 0.0991 e. The summed E-state index contributed by atoms with van der Waals surface area (Å²) < 4.78 is 0. The lowest BCUT2D eigenvalue weighted by Crippen LogP contribution is -1.84. The van der Waals surface area contributed by atoms with E-state index >= 15 is 0 Å². The lowest BCUT2D eigenvalue weighted by molar-refractivity contribution is 1.09. The van der Waals surface area contributed by atoms with Crippen molar-refractivity contribution in [2.45, 2.75) is 27.2 Å². The molecule has 0 nitrogen and oxygen atoms in total. The number of rotatable bonds is 3. The van der Waals surface area contributed by atoms with Crippen LogP contribution in [0.3, 0.4) is 0 Å². The van der Waals surface area contributed by atoms with E-state index in [2.05, 4.69) is 13.5 Å². The fourth-order valence-corrected chi connectivity index (χ4v) is 1.35. The highest BCUT2D eigenvalue weighted by molar-refractivity contribution is 6.29. The minimum absolute atomic E-state index is 0.878. The molecule has 0 unspecified atom stereocenters. The Hall–Kier alpha value is -0.490. The van der Waals surface area contributed by atoms with E-state index in [4.69, 9.17) is 11.6 Å². The van der Waals surface area contributed by atoms with Crippen LogP contribution in [0.5, 0.6) is 0 Å². The van der Waals surface area contributed by atoms with Crippen molar-refractivity contribution in [2.75, 3.05) is 0 Å². The molecule has 0 aromatic heterocycles. The van der Waals surface area contributed by atoms with Crippen molar-refractivity contribution in [1.82, 2.24) is 0 Å². The molecule has 0 fully saturated rings. The van der Waals surface area contributed by atoms with Gasteiger partial charge < -0.3 is 0 Å². The lowest BCUT2D eigenvalue weighted by atomic mass is 10.1. The van der Waals surface area contributed by atoms with Crippen molar-refractivity contribution in [3.8, 4) is 0 Å². The molecular weight excluding hydrogens is 156 g/mol. The highest BCUT2D eigenvalue weighted by atomic mass is 35.5. The molecule has 0 saturated heterocycles. The Morgan fingerprint density at radius 2 is 2.00 bits per heavy atom. The summed E-state index contributed by atoms with van der Waals surface area (Å²) in [4.78, 5) is 0. The van der Waals surface area contributed by atoms with E-state index in [-0.39, 0.29) is 0 Å². The molecule has 0 aromatic carbocycles. The Kier molecular flexibility index (Phi) is 4.97. The summed E-state index contributed by atoms with van der Waals surface area (Å²) in [6, 6.07) is 0. The molecule has 11 heavy (non-hydrogen) atoms. The molecule has 0 N–H and O–H groups in total. The third-order valence-electron chi connectivity index (χ3n) is 1.61. The fourth-order valence-electron chi connectivity index (χ4n) is 1.07. The first-order valence-corrected chi connectivity index (χ1v) is 4.16. The Balaban J connectivity index is 4.66. The molecule has 0 aromatic rings. The van der Waals surface area contributed by atoms with Gasteiger partial charge in [-0.15, -0.1) is 0 Å². The quantitative estimate of drug-likeness (QED) is 0.561. The Morgan fingerprint density at radius 1 is 1.45 bits per heavy atom. The van der Waals surface area contributed by atoms with Gasteiger partial charge >= 0.3 is 0 Å². The Labute approximate surface area is 74.3 Å². The van der Waals surface area contributed by atoms with Gasteiger partial charge in [0.15, 0.2) is 0 Å². The number of hydrogen-bond donors (Lipinski definition) is 0. The van der Waals surface area contributed by atoms with Gasteiger partial charge in [-0.2, -0.15) is 0 Å². The average molecular weight is 171 g/mol. The van der Waals surface area contributed by atoms with Crippen LogP contribution in [0.15, 0.2) is 34.9 Å². The normalized spacial score (nSPS) is 14.4. The molecule has 0 aliphatic rings. The predicted octanol–water partition coefficient (Wildman–Crippen LogP) is 4.04. The van der Waals surface area contributed by atoms with Gasteiger partial charge in [-0.05, 0) is 31.4 Å². The molecule has 0 radical (unpaired) electrons. The van der Waals surface area contributed by atoms with E-state index in [9.17, 15) is 0 Å². The average Bonchev–Trinajstić information content (AvgIpc) is 1.88. The summed E-state index contributed by atoms with van der Waals surface area (Å²) in [5, 5.41) is 0.878. The Bertz CT molecular complexity index is 193. The van der Waals surface area contributed by atoms with Gasteiger partial charge in [0, 0.05) is 5.03 Å². The van der Waals surface area contributed by atoms with E-state index in [1.165, 1.54) is 11.1 Å². The van der Waals surface area contributed by atoms with Gasteiger partial charge in [0.05, 0.1) is 0 Å². The maximum absolute atomic E-state index is 5.88. The van der Waals surface area contributed by atoms with E-state index in [0.29, 0.717) is 0 Å². The molecule has 0 aliphatic heterocycles. The molecule has 0 rings (SSSR count). The van der Waals surface area contributed by atoms with Crippen LogP contribution in [0.1, 0.15) is 27.2 Å². The second kappa shape index (κ2) is 5.20. The summed E-state index contributed by atoms with van der Waals surface area (Å²) in [5.74, 6) is 0. The van der Waals surface area contributed by atoms with Crippen molar-refractivity contribution >= 4 is 11.6 Å². The first-order valence-electron chi connectivity index (χ1n) is 3.78. The number of hydrogen-bond acceptors (Lipinski definition) is 0. The highest BCUT2D eigenvalue weighted by Gasteiger charge is 1.98. The van der Waals surface area contributed by atoms with Crippen LogP contribution in [-0.2, 0) is 0 Å². The SMILES string of the molecule is C=C/C=C(C)\C(CC)=C(/C)Cl. The molecular formula is C10H15Cl. The van der Waals surface area contributed by atoms with Gasteiger partial charge in [-0.1, -0.05) is 37.3 Å². The second-order valence-corrected chi connectivity index (χ2v) is 3.02. The van der Waals surface area contributed by atoms with E-state index in [1.807, 2.05) is 19.9 Å². The summed E-state index contributed by atoms with van der Waals surface area (Å²) in [6.07, 6.45) is 4.74. The third kappa shape index (κ3) is 3.43. The first kappa shape index (κ1) is 10.5.